The van der Waals surface area contributed by atoms with E-state index in [9.17, 15) is 14.0 Å². The van der Waals surface area contributed by atoms with E-state index in [0.717, 1.165) is 44.8 Å². The van der Waals surface area contributed by atoms with Crippen LogP contribution in [0.5, 0.6) is 5.75 Å². The Bertz CT molecular complexity index is 482. The smallest absolute Gasteiger partial charge is 0.260 e. The first-order valence-corrected chi connectivity index (χ1v) is 6.86. The number of ether oxygens (including phenoxy) is 1. The molecule has 0 N–H and O–H groups in total. The van der Waals surface area contributed by atoms with E-state index in [0.29, 0.717) is 6.29 Å². The lowest BCUT2D eigenvalue weighted by atomic mass is 10.2. The van der Waals surface area contributed by atoms with Gasteiger partial charge < -0.3 is 9.64 Å². The summed E-state index contributed by atoms with van der Waals surface area (Å²) in [5.74, 6) is -0.747. The molecule has 5 heteroatoms. The third-order valence-electron chi connectivity index (χ3n) is 3.40. The van der Waals surface area contributed by atoms with Gasteiger partial charge in [0.15, 0.2) is 18.2 Å². The van der Waals surface area contributed by atoms with Gasteiger partial charge in [-0.2, -0.15) is 0 Å². The zero-order valence-corrected chi connectivity index (χ0v) is 11.3. The topological polar surface area (TPSA) is 46.6 Å². The van der Waals surface area contributed by atoms with Crippen LogP contribution < -0.4 is 4.74 Å². The average molecular weight is 279 g/mol. The van der Waals surface area contributed by atoms with E-state index in [1.165, 1.54) is 12.1 Å². The molecule has 1 amide bonds. The number of amides is 1. The van der Waals surface area contributed by atoms with Crippen LogP contribution in [-0.4, -0.2) is 36.8 Å². The minimum atomic E-state index is -0.627. The van der Waals surface area contributed by atoms with E-state index in [-0.39, 0.29) is 23.8 Å². The molecule has 2 rings (SSSR count). The Morgan fingerprint density at radius 3 is 2.55 bits per heavy atom. The molecule has 1 aliphatic heterocycles. The van der Waals surface area contributed by atoms with Crippen LogP contribution in [0.25, 0.3) is 0 Å². The first-order chi connectivity index (χ1) is 9.70. The van der Waals surface area contributed by atoms with Crippen molar-refractivity contribution in [2.45, 2.75) is 25.7 Å². The van der Waals surface area contributed by atoms with E-state index in [1.54, 1.807) is 4.90 Å². The van der Waals surface area contributed by atoms with Crippen LogP contribution in [0.15, 0.2) is 18.2 Å². The van der Waals surface area contributed by atoms with E-state index in [1.807, 2.05) is 0 Å². The molecule has 0 spiro atoms. The Hall–Kier alpha value is -1.91. The summed E-state index contributed by atoms with van der Waals surface area (Å²) in [5.41, 5.74) is 0.244. The largest absolute Gasteiger partial charge is 0.481 e. The minimum Gasteiger partial charge on any atom is -0.481 e. The molecule has 0 atom stereocenters. The molecule has 20 heavy (non-hydrogen) atoms. The van der Waals surface area contributed by atoms with Crippen molar-refractivity contribution in [1.29, 1.82) is 0 Å². The average Bonchev–Trinajstić information content (AvgIpc) is 2.74. The number of hydrogen-bond donors (Lipinski definition) is 0. The highest BCUT2D eigenvalue weighted by Crippen LogP contribution is 2.18. The fraction of sp³-hybridized carbons (Fsp3) is 0.467. The third kappa shape index (κ3) is 3.79. The summed E-state index contributed by atoms with van der Waals surface area (Å²) in [6, 6.07) is 3.93. The number of benzene rings is 1. The highest BCUT2D eigenvalue weighted by molar-refractivity contribution is 5.78. The number of rotatable bonds is 4. The second kappa shape index (κ2) is 7.03. The molecular formula is C15H18FNO3. The second-order valence-electron chi connectivity index (χ2n) is 4.89. The van der Waals surface area contributed by atoms with Crippen LogP contribution in [0.1, 0.15) is 36.0 Å². The van der Waals surface area contributed by atoms with E-state index < -0.39 is 5.82 Å². The van der Waals surface area contributed by atoms with Gasteiger partial charge in [-0.1, -0.05) is 12.8 Å². The van der Waals surface area contributed by atoms with Crippen LogP contribution >= 0.6 is 0 Å². The lowest BCUT2D eigenvalue weighted by Gasteiger charge is -2.20. The van der Waals surface area contributed by atoms with Crippen LogP contribution in [0, 0.1) is 5.82 Å². The molecule has 0 saturated carbocycles. The summed E-state index contributed by atoms with van der Waals surface area (Å²) in [5, 5.41) is 0. The highest BCUT2D eigenvalue weighted by Gasteiger charge is 2.16. The van der Waals surface area contributed by atoms with Crippen LogP contribution in [0.4, 0.5) is 4.39 Å². The predicted molar refractivity (Wildman–Crippen MR) is 72.3 cm³/mol. The molecule has 1 aliphatic rings. The molecule has 0 bridgehead atoms. The molecular weight excluding hydrogens is 261 g/mol. The standard InChI is InChI=1S/C15H18FNO3/c16-13-9-12(10-18)5-6-14(13)20-11-15(19)17-7-3-1-2-4-8-17/h5-6,9-10H,1-4,7-8,11H2. The summed E-state index contributed by atoms with van der Waals surface area (Å²) in [6.45, 7) is 1.32. The van der Waals surface area contributed by atoms with Crippen molar-refractivity contribution in [3.05, 3.63) is 29.6 Å². The van der Waals surface area contributed by atoms with E-state index >= 15 is 0 Å². The molecule has 1 fully saturated rings. The maximum atomic E-state index is 13.6. The van der Waals surface area contributed by atoms with Crippen molar-refractivity contribution in [1.82, 2.24) is 4.90 Å². The number of likely N-dealkylation sites (tertiary alicyclic amines) is 1. The summed E-state index contributed by atoms with van der Waals surface area (Å²) in [7, 11) is 0. The molecule has 1 aromatic rings. The van der Waals surface area contributed by atoms with Crippen molar-refractivity contribution in [3.8, 4) is 5.75 Å². The fourth-order valence-electron chi connectivity index (χ4n) is 2.26. The quantitative estimate of drug-likeness (QED) is 0.795. The zero-order valence-electron chi connectivity index (χ0n) is 11.3. The van der Waals surface area contributed by atoms with Crippen LogP contribution in [-0.2, 0) is 4.79 Å². The van der Waals surface area contributed by atoms with Gasteiger partial charge in [-0.3, -0.25) is 9.59 Å². The van der Waals surface area contributed by atoms with Gasteiger partial charge >= 0.3 is 0 Å². The summed E-state index contributed by atoms with van der Waals surface area (Å²) in [6.07, 6.45) is 4.87. The first kappa shape index (κ1) is 14.5. The fourth-order valence-corrected chi connectivity index (χ4v) is 2.26. The Morgan fingerprint density at radius 2 is 1.95 bits per heavy atom. The van der Waals surface area contributed by atoms with Gasteiger partial charge in [0.25, 0.3) is 5.91 Å². The third-order valence-corrected chi connectivity index (χ3v) is 3.40. The van der Waals surface area contributed by atoms with Crippen molar-refractivity contribution >= 4 is 12.2 Å². The monoisotopic (exact) mass is 279 g/mol. The van der Waals surface area contributed by atoms with Crippen molar-refractivity contribution in [3.63, 3.8) is 0 Å². The highest BCUT2D eigenvalue weighted by atomic mass is 19.1. The van der Waals surface area contributed by atoms with Crippen molar-refractivity contribution in [2.75, 3.05) is 19.7 Å². The van der Waals surface area contributed by atoms with Gasteiger partial charge in [-0.15, -0.1) is 0 Å². The van der Waals surface area contributed by atoms with Gasteiger partial charge in [0.1, 0.15) is 6.29 Å². The van der Waals surface area contributed by atoms with Crippen molar-refractivity contribution in [2.24, 2.45) is 0 Å². The molecule has 1 saturated heterocycles. The maximum absolute atomic E-state index is 13.6. The number of carbonyl (C=O) groups is 2. The van der Waals surface area contributed by atoms with Crippen LogP contribution in [0.2, 0.25) is 0 Å². The summed E-state index contributed by atoms with van der Waals surface area (Å²) < 4.78 is 18.8. The Morgan fingerprint density at radius 1 is 1.25 bits per heavy atom. The summed E-state index contributed by atoms with van der Waals surface area (Å²) >= 11 is 0. The zero-order chi connectivity index (χ0) is 14.4. The van der Waals surface area contributed by atoms with Crippen molar-refractivity contribution < 1.29 is 18.7 Å². The number of nitrogens with zero attached hydrogens (tertiary/aromatic N) is 1. The summed E-state index contributed by atoms with van der Waals surface area (Å²) in [4.78, 5) is 24.3. The molecule has 1 aromatic carbocycles. The number of halogens is 1. The second-order valence-corrected chi connectivity index (χ2v) is 4.89. The number of aldehydes is 1. The first-order valence-electron chi connectivity index (χ1n) is 6.86. The van der Waals surface area contributed by atoms with Gasteiger partial charge in [0.05, 0.1) is 0 Å². The van der Waals surface area contributed by atoms with Gasteiger partial charge in [0, 0.05) is 18.7 Å². The SMILES string of the molecule is O=Cc1ccc(OCC(=O)N2CCCCCC2)c(F)c1. The molecule has 1 heterocycles. The normalized spacial score (nSPS) is 15.6. The Kier molecular flexibility index (Phi) is 5.09. The molecule has 0 radical (unpaired) electrons. The Labute approximate surface area is 117 Å². The molecule has 108 valence electrons. The molecule has 0 aliphatic carbocycles. The number of carbonyl (C=O) groups excluding carboxylic acids is 2. The van der Waals surface area contributed by atoms with Gasteiger partial charge in [-0.05, 0) is 31.0 Å². The number of hydrogen-bond acceptors (Lipinski definition) is 3. The Balaban J connectivity index is 1.90. The van der Waals surface area contributed by atoms with Crippen LogP contribution in [0.3, 0.4) is 0 Å². The molecule has 0 unspecified atom stereocenters. The minimum absolute atomic E-state index is 0.00114. The molecule has 0 aromatic heterocycles. The van der Waals surface area contributed by atoms with E-state index in [4.69, 9.17) is 4.74 Å². The lowest BCUT2D eigenvalue weighted by molar-refractivity contribution is -0.133. The lowest BCUT2D eigenvalue weighted by Crippen LogP contribution is -2.35. The molecule has 4 nitrogen and oxygen atoms in total. The van der Waals surface area contributed by atoms with Gasteiger partial charge in [0.2, 0.25) is 0 Å². The maximum Gasteiger partial charge on any atom is 0.260 e. The predicted octanol–water partition coefficient (Wildman–Crippen LogP) is 2.42. The van der Waals surface area contributed by atoms with E-state index in [2.05, 4.69) is 0 Å². The van der Waals surface area contributed by atoms with Gasteiger partial charge in [-0.25, -0.2) is 4.39 Å².